The van der Waals surface area contributed by atoms with E-state index in [1.54, 1.807) is 12.1 Å². The van der Waals surface area contributed by atoms with Crippen molar-refractivity contribution in [3.8, 4) is 5.75 Å². The number of unbranched alkanes of at least 4 members (excludes halogenated alkanes) is 11. The number of nitrogens with one attached hydrogen (secondary N) is 1. The molecule has 0 atom stereocenters. The van der Waals surface area contributed by atoms with Crippen LogP contribution in [0.1, 0.15) is 107 Å². The molecule has 0 unspecified atom stereocenters. The van der Waals surface area contributed by atoms with E-state index in [1.165, 1.54) is 69.1 Å². The molecule has 2 aromatic rings. The average Bonchev–Trinajstić information content (AvgIpc) is 3.32. The van der Waals surface area contributed by atoms with Crippen LogP contribution in [0.5, 0.6) is 5.75 Å². The van der Waals surface area contributed by atoms with Gasteiger partial charge >= 0.3 is 0 Å². The molecule has 0 bridgehead atoms. The van der Waals surface area contributed by atoms with E-state index in [2.05, 4.69) is 36.3 Å². The van der Waals surface area contributed by atoms with E-state index in [0.29, 0.717) is 28.6 Å². The van der Waals surface area contributed by atoms with Crippen LogP contribution in [-0.2, 0) is 6.54 Å². The maximum Gasteiger partial charge on any atom is 0.255 e. The molecule has 7 heteroatoms. The van der Waals surface area contributed by atoms with Gasteiger partial charge in [-0.1, -0.05) is 101 Å². The van der Waals surface area contributed by atoms with Crippen LogP contribution in [0, 0.1) is 0 Å². The predicted molar refractivity (Wildman–Crippen MR) is 175 cm³/mol. The van der Waals surface area contributed by atoms with Crippen molar-refractivity contribution in [3.05, 3.63) is 69.7 Å². The van der Waals surface area contributed by atoms with Crippen molar-refractivity contribution in [2.45, 2.75) is 97.4 Å². The number of anilines is 1. The van der Waals surface area contributed by atoms with Gasteiger partial charge in [-0.25, -0.2) is 0 Å². The fraction of sp³-hybridized carbons (Fsp3) is 0.531. The fourth-order valence-electron chi connectivity index (χ4n) is 4.69. The first-order chi connectivity index (χ1) is 18.5. The lowest BCUT2D eigenvalue weighted by atomic mass is 10.1. The van der Waals surface area contributed by atoms with Gasteiger partial charge in [-0.05, 0) is 48.1 Å². The van der Waals surface area contributed by atoms with Crippen LogP contribution >= 0.6 is 40.3 Å². The first-order valence-electron chi connectivity index (χ1n) is 14.4. The molecule has 0 saturated heterocycles. The molecule has 4 nitrogen and oxygen atoms in total. The van der Waals surface area contributed by atoms with Crippen LogP contribution in [0.3, 0.4) is 0 Å². The molecule has 0 fully saturated rings. The summed E-state index contributed by atoms with van der Waals surface area (Å²) < 4.78 is 6.05. The number of allylic oxidation sites excluding steroid dienone is 1. The van der Waals surface area contributed by atoms with Crippen molar-refractivity contribution in [1.29, 1.82) is 0 Å². The maximum atomic E-state index is 13.1. The van der Waals surface area contributed by atoms with Gasteiger partial charge in [-0.3, -0.25) is 4.79 Å². The van der Waals surface area contributed by atoms with Crippen molar-refractivity contribution < 1.29 is 9.53 Å². The highest BCUT2D eigenvalue weighted by Crippen LogP contribution is 2.29. The summed E-state index contributed by atoms with van der Waals surface area (Å²) in [5.74, 6) is 1.43. The first-order valence-corrected chi connectivity index (χ1v) is 15.8. The molecule has 0 aliphatic carbocycles. The molecular weight excluding hydrogens is 592 g/mol. The lowest BCUT2D eigenvalue weighted by molar-refractivity contribution is 0.102. The zero-order valence-corrected chi connectivity index (χ0v) is 27.0. The minimum Gasteiger partial charge on any atom is -0.491 e. The summed E-state index contributed by atoms with van der Waals surface area (Å²) in [6.45, 7) is 5.81. The number of hydrogen-bond donors (Lipinski definition) is 1. The van der Waals surface area contributed by atoms with Gasteiger partial charge in [0, 0.05) is 29.4 Å². The highest BCUT2D eigenvalue weighted by molar-refractivity contribution is 8.93. The van der Waals surface area contributed by atoms with Gasteiger partial charge in [0.1, 0.15) is 5.75 Å². The van der Waals surface area contributed by atoms with E-state index in [9.17, 15) is 4.79 Å². The van der Waals surface area contributed by atoms with Crippen molar-refractivity contribution in [3.63, 3.8) is 0 Å². The molecule has 0 saturated carbocycles. The normalized spacial score (nSPS) is 12.7. The Labute approximate surface area is 256 Å². The highest BCUT2D eigenvalue weighted by atomic mass is 79.9. The van der Waals surface area contributed by atoms with E-state index >= 15 is 0 Å². The van der Waals surface area contributed by atoms with E-state index < -0.39 is 0 Å². The summed E-state index contributed by atoms with van der Waals surface area (Å²) in [6, 6.07) is 13.2. The van der Waals surface area contributed by atoms with Crippen molar-refractivity contribution in [2.75, 3.05) is 17.8 Å². The molecule has 1 heterocycles. The second-order valence-corrected chi connectivity index (χ2v) is 11.9. The molecule has 0 spiro atoms. The molecule has 1 aliphatic heterocycles. The number of benzene rings is 2. The van der Waals surface area contributed by atoms with Crippen molar-refractivity contribution >= 4 is 51.9 Å². The van der Waals surface area contributed by atoms with Gasteiger partial charge in [-0.15, -0.1) is 28.7 Å². The molecule has 39 heavy (non-hydrogen) atoms. The summed E-state index contributed by atoms with van der Waals surface area (Å²) in [7, 11) is 0. The maximum absolute atomic E-state index is 13.1. The summed E-state index contributed by atoms with van der Waals surface area (Å²) in [4.78, 5) is 16.6. The Morgan fingerprint density at radius 3 is 2.26 bits per heavy atom. The molecule has 3 rings (SSSR count). The Morgan fingerprint density at radius 1 is 0.949 bits per heavy atom. The fourth-order valence-corrected chi connectivity index (χ4v) is 5.61. The number of halogens is 2. The number of carbonyl (C=O) groups is 1. The van der Waals surface area contributed by atoms with Gasteiger partial charge in [0.2, 0.25) is 0 Å². The Bertz CT molecular complexity index is 1030. The largest absolute Gasteiger partial charge is 0.491 e. The molecule has 1 amide bonds. The van der Waals surface area contributed by atoms with E-state index in [0.717, 1.165) is 30.8 Å². The van der Waals surface area contributed by atoms with Crippen LogP contribution < -0.4 is 10.1 Å². The van der Waals surface area contributed by atoms with Crippen LogP contribution in [0.15, 0.2) is 53.6 Å². The molecule has 0 radical (unpaired) electrons. The molecule has 0 aromatic heterocycles. The lowest BCUT2D eigenvalue weighted by Crippen LogP contribution is -2.15. The first kappa shape index (κ1) is 33.6. The number of rotatable bonds is 18. The second-order valence-electron chi connectivity index (χ2n) is 10.3. The second kappa shape index (κ2) is 19.4. The average molecular weight is 638 g/mol. The Kier molecular flexibility index (Phi) is 16.7. The number of thioether (sulfide) groups is 1. The number of carbonyl (C=O) groups excluding carboxylic acids is 1. The Morgan fingerprint density at radius 2 is 1.62 bits per heavy atom. The summed E-state index contributed by atoms with van der Waals surface area (Å²) in [5, 5.41) is 3.63. The quantitative estimate of drug-likeness (QED) is 0.165. The molecule has 1 N–H and O–H groups in total. The number of hydrogen-bond acceptors (Lipinski definition) is 4. The minimum absolute atomic E-state index is 0. The highest BCUT2D eigenvalue weighted by Gasteiger charge is 2.14. The van der Waals surface area contributed by atoms with Crippen molar-refractivity contribution in [1.82, 2.24) is 4.90 Å². The SMILES string of the molecule is Br.CCCCCCCCCCCCCCOc1cc(Cl)ccc1NC(=O)c1cccc(CN2C=C(C)SC2)c1. The van der Waals surface area contributed by atoms with Crippen LogP contribution in [0.4, 0.5) is 5.69 Å². The zero-order chi connectivity index (χ0) is 27.0. The number of ether oxygens (including phenoxy) is 1. The van der Waals surface area contributed by atoms with Crippen molar-refractivity contribution in [2.24, 2.45) is 0 Å². The van der Waals surface area contributed by atoms with Gasteiger partial charge in [0.15, 0.2) is 0 Å². The lowest BCUT2D eigenvalue weighted by Gasteiger charge is -2.16. The van der Waals surface area contributed by atoms with Gasteiger partial charge in [-0.2, -0.15) is 0 Å². The standard InChI is InChI=1S/C32H45ClN2O2S.BrH/c1-3-4-5-6-7-8-9-10-11-12-13-14-20-37-31-22-29(33)18-19-30(31)34-32(36)28-17-15-16-27(21-28)24-35-23-26(2)38-25-35;/h15-19,21-23H,3-14,20,24-25H2,1-2H3,(H,34,36);1H. The summed E-state index contributed by atoms with van der Waals surface area (Å²) in [5.41, 5.74) is 2.40. The van der Waals surface area contributed by atoms with Crippen LogP contribution in [-0.4, -0.2) is 23.3 Å². The topological polar surface area (TPSA) is 41.6 Å². The van der Waals surface area contributed by atoms with Crippen LogP contribution in [0.2, 0.25) is 5.02 Å². The third kappa shape index (κ3) is 13.1. The summed E-state index contributed by atoms with van der Waals surface area (Å²) in [6.07, 6.45) is 17.9. The van der Waals surface area contributed by atoms with Crippen LogP contribution in [0.25, 0.3) is 0 Å². The van der Waals surface area contributed by atoms with Gasteiger partial charge in [0.05, 0.1) is 18.2 Å². The third-order valence-electron chi connectivity index (χ3n) is 6.84. The Hall–Kier alpha value is -1.63. The molecule has 216 valence electrons. The summed E-state index contributed by atoms with van der Waals surface area (Å²) >= 11 is 8.08. The monoisotopic (exact) mass is 636 g/mol. The van der Waals surface area contributed by atoms with E-state index in [1.807, 2.05) is 36.0 Å². The minimum atomic E-state index is -0.146. The zero-order valence-electron chi connectivity index (χ0n) is 23.7. The molecular formula is C32H46BrClN2O2S. The Balaban J connectivity index is 0.00000533. The van der Waals surface area contributed by atoms with E-state index in [4.69, 9.17) is 16.3 Å². The van der Waals surface area contributed by atoms with E-state index in [-0.39, 0.29) is 22.9 Å². The molecule has 2 aromatic carbocycles. The third-order valence-corrected chi connectivity index (χ3v) is 8.10. The smallest absolute Gasteiger partial charge is 0.255 e. The van der Waals surface area contributed by atoms with Gasteiger partial charge in [0.25, 0.3) is 5.91 Å². The van der Waals surface area contributed by atoms with Gasteiger partial charge < -0.3 is 15.0 Å². The predicted octanol–water partition coefficient (Wildman–Crippen LogP) is 10.6. The number of amides is 1. The number of nitrogens with zero attached hydrogens (tertiary/aromatic N) is 1. The molecule has 1 aliphatic rings.